The number of rotatable bonds is 8. The summed E-state index contributed by atoms with van der Waals surface area (Å²) in [7, 11) is -5.75. The molecule has 3 aromatic carbocycles. The van der Waals surface area contributed by atoms with E-state index >= 15 is 0 Å². The Hall–Kier alpha value is -4.04. The predicted molar refractivity (Wildman–Crippen MR) is 124 cm³/mol. The number of hydrogen-bond donors (Lipinski definition) is 0. The van der Waals surface area contributed by atoms with E-state index in [4.69, 9.17) is 0 Å². The van der Waals surface area contributed by atoms with Crippen molar-refractivity contribution < 1.29 is 26.7 Å². The number of sulfonamides is 2. The van der Waals surface area contributed by atoms with Crippen LogP contribution in [0.15, 0.2) is 82.6 Å². The van der Waals surface area contributed by atoms with Crippen LogP contribution in [0.1, 0.15) is 0 Å². The van der Waals surface area contributed by atoms with Gasteiger partial charge in [0.05, 0.1) is 31.0 Å². The molecule has 0 aliphatic carbocycles. The fraction of sp³-hybridized carbons (Fsp3) is 0.100. The van der Waals surface area contributed by atoms with Gasteiger partial charge in [-0.25, -0.2) is 16.8 Å². The van der Waals surface area contributed by atoms with E-state index in [0.717, 1.165) is 20.7 Å². The molecule has 0 aromatic heterocycles. The van der Waals surface area contributed by atoms with Gasteiger partial charge in [0.25, 0.3) is 31.4 Å². The first kappa shape index (κ1) is 24.6. The number of nitro groups is 2. The Bertz CT molecular complexity index is 1360. The molecule has 0 unspecified atom stereocenters. The predicted octanol–water partition coefficient (Wildman–Crippen LogP) is 3.15. The van der Waals surface area contributed by atoms with Gasteiger partial charge in [0.15, 0.2) is 0 Å². The number of nitro benzene ring substituents is 2. The van der Waals surface area contributed by atoms with Crippen LogP contribution < -0.4 is 8.61 Å². The second kappa shape index (κ2) is 9.07. The Balaban J connectivity index is 1.89. The number of hydrogen-bond acceptors (Lipinski definition) is 8. The summed E-state index contributed by atoms with van der Waals surface area (Å²) in [5.74, 6) is 0. The lowest BCUT2D eigenvalue weighted by atomic mass is 10.3. The number of nitrogens with zero attached hydrogens (tertiary/aromatic N) is 4. The van der Waals surface area contributed by atoms with E-state index in [1.165, 1.54) is 74.8 Å². The molecule has 178 valence electrons. The van der Waals surface area contributed by atoms with Gasteiger partial charge in [-0.3, -0.25) is 28.8 Å². The van der Waals surface area contributed by atoms with Crippen molar-refractivity contribution in [3.05, 3.63) is 93.0 Å². The van der Waals surface area contributed by atoms with Crippen LogP contribution in [0.3, 0.4) is 0 Å². The van der Waals surface area contributed by atoms with E-state index in [9.17, 15) is 37.1 Å². The van der Waals surface area contributed by atoms with Gasteiger partial charge in [-0.15, -0.1) is 0 Å². The molecule has 0 atom stereocenters. The van der Waals surface area contributed by atoms with Crippen LogP contribution in [-0.4, -0.2) is 40.8 Å². The molecule has 0 N–H and O–H groups in total. The third-order valence-electron chi connectivity index (χ3n) is 4.95. The van der Waals surface area contributed by atoms with Crippen molar-refractivity contribution in [2.24, 2.45) is 0 Å². The minimum atomic E-state index is -4.13. The second-order valence-electron chi connectivity index (χ2n) is 6.97. The zero-order valence-electron chi connectivity index (χ0n) is 17.8. The third-order valence-corrected chi connectivity index (χ3v) is 8.51. The Kier molecular flexibility index (Phi) is 6.56. The summed E-state index contributed by atoms with van der Waals surface area (Å²) in [4.78, 5) is 20.0. The van der Waals surface area contributed by atoms with Crippen molar-refractivity contribution in [1.29, 1.82) is 0 Å². The average molecular weight is 507 g/mol. The van der Waals surface area contributed by atoms with Crippen molar-refractivity contribution in [3.63, 3.8) is 0 Å². The molecule has 0 bridgehead atoms. The smallest absolute Gasteiger partial charge is 0.269 e. The highest BCUT2D eigenvalue weighted by Gasteiger charge is 2.26. The summed E-state index contributed by atoms with van der Waals surface area (Å²) in [6.45, 7) is 0. The topological polar surface area (TPSA) is 161 Å². The lowest BCUT2D eigenvalue weighted by molar-refractivity contribution is -0.385. The van der Waals surface area contributed by atoms with Gasteiger partial charge < -0.3 is 0 Å². The minimum absolute atomic E-state index is 0.177. The van der Waals surface area contributed by atoms with E-state index in [0.29, 0.717) is 0 Å². The molecule has 0 fully saturated rings. The van der Waals surface area contributed by atoms with Gasteiger partial charge in [-0.05, 0) is 36.4 Å². The van der Waals surface area contributed by atoms with E-state index < -0.39 is 29.9 Å². The Morgan fingerprint density at radius 2 is 0.941 bits per heavy atom. The highest BCUT2D eigenvalue weighted by Crippen LogP contribution is 2.29. The molecule has 0 heterocycles. The molecular formula is C20H18N4O8S2. The van der Waals surface area contributed by atoms with Crippen molar-refractivity contribution in [2.45, 2.75) is 9.79 Å². The van der Waals surface area contributed by atoms with Gasteiger partial charge >= 0.3 is 0 Å². The van der Waals surface area contributed by atoms with Crippen molar-refractivity contribution in [3.8, 4) is 0 Å². The summed E-state index contributed by atoms with van der Waals surface area (Å²) < 4.78 is 53.4. The molecule has 0 aliphatic heterocycles. The normalized spacial score (nSPS) is 11.6. The standard InChI is InChI=1S/C20H18N4O8S2/c1-21(33(29,30)19-7-3-5-17(13-19)23(25)26)15-9-11-16(12-10-15)22(2)34(31,32)20-8-4-6-18(14-20)24(27)28/h3-14H,1-2H3. The summed E-state index contributed by atoms with van der Waals surface area (Å²) in [5.41, 5.74) is -0.400. The van der Waals surface area contributed by atoms with Crippen molar-refractivity contribution in [2.75, 3.05) is 22.7 Å². The highest BCUT2D eigenvalue weighted by molar-refractivity contribution is 7.93. The lowest BCUT2D eigenvalue weighted by Gasteiger charge is -2.22. The number of anilines is 2. The summed E-state index contributed by atoms with van der Waals surface area (Å²) in [6.07, 6.45) is 0. The molecule has 14 heteroatoms. The van der Waals surface area contributed by atoms with Crippen molar-refractivity contribution in [1.82, 2.24) is 0 Å². The average Bonchev–Trinajstić information content (AvgIpc) is 2.83. The van der Waals surface area contributed by atoms with Crippen molar-refractivity contribution >= 4 is 42.8 Å². The molecule has 3 rings (SSSR count). The first-order valence-electron chi connectivity index (χ1n) is 9.42. The molecule has 0 saturated heterocycles. The summed E-state index contributed by atoms with van der Waals surface area (Å²) in [5, 5.41) is 21.9. The Morgan fingerprint density at radius 1 is 0.618 bits per heavy atom. The zero-order valence-corrected chi connectivity index (χ0v) is 19.4. The van der Waals surface area contributed by atoms with Crippen LogP contribution in [0.5, 0.6) is 0 Å². The van der Waals surface area contributed by atoms with Crippen LogP contribution in [-0.2, 0) is 20.0 Å². The maximum Gasteiger partial charge on any atom is 0.270 e. The van der Waals surface area contributed by atoms with Gasteiger partial charge in [-0.1, -0.05) is 12.1 Å². The van der Waals surface area contributed by atoms with E-state index in [-0.39, 0.29) is 32.5 Å². The first-order valence-corrected chi connectivity index (χ1v) is 12.3. The Morgan fingerprint density at radius 3 is 1.24 bits per heavy atom. The summed E-state index contributed by atoms with van der Waals surface area (Å²) >= 11 is 0. The van der Waals surface area contributed by atoms with Gasteiger partial charge in [-0.2, -0.15) is 0 Å². The molecule has 34 heavy (non-hydrogen) atoms. The zero-order chi connectivity index (χ0) is 25.3. The van der Waals surface area contributed by atoms with Crippen LogP contribution in [0.2, 0.25) is 0 Å². The van der Waals surface area contributed by atoms with Crippen LogP contribution in [0, 0.1) is 20.2 Å². The molecule has 0 aliphatic rings. The monoisotopic (exact) mass is 506 g/mol. The maximum atomic E-state index is 12.9. The van der Waals surface area contributed by atoms with Crippen LogP contribution in [0.25, 0.3) is 0 Å². The number of non-ortho nitro benzene ring substituents is 2. The highest BCUT2D eigenvalue weighted by atomic mass is 32.2. The maximum absolute atomic E-state index is 12.9. The SMILES string of the molecule is CN(c1ccc(N(C)S(=O)(=O)c2cccc([N+](=O)[O-])c2)cc1)S(=O)(=O)c1cccc([N+](=O)[O-])c1. The van der Waals surface area contributed by atoms with Gasteiger partial charge in [0.1, 0.15) is 0 Å². The minimum Gasteiger partial charge on any atom is -0.269 e. The lowest BCUT2D eigenvalue weighted by Crippen LogP contribution is -2.28. The summed E-state index contributed by atoms with van der Waals surface area (Å²) in [6, 6.07) is 14.7. The quantitative estimate of drug-likeness (QED) is 0.332. The fourth-order valence-corrected chi connectivity index (χ4v) is 5.45. The van der Waals surface area contributed by atoms with Crippen LogP contribution >= 0.6 is 0 Å². The molecular weight excluding hydrogens is 488 g/mol. The largest absolute Gasteiger partial charge is 0.270 e. The van der Waals surface area contributed by atoms with E-state index in [1.54, 1.807) is 0 Å². The molecule has 3 aromatic rings. The van der Waals surface area contributed by atoms with Gasteiger partial charge in [0.2, 0.25) is 0 Å². The second-order valence-corrected chi connectivity index (χ2v) is 10.9. The fourth-order valence-electron chi connectivity index (χ4n) is 2.98. The van der Waals surface area contributed by atoms with Crippen LogP contribution in [0.4, 0.5) is 22.7 Å². The number of benzene rings is 3. The Labute approximate surface area is 195 Å². The molecule has 12 nitrogen and oxygen atoms in total. The first-order chi connectivity index (χ1) is 15.9. The molecule has 0 radical (unpaired) electrons. The third kappa shape index (κ3) is 4.67. The molecule has 0 saturated carbocycles. The van der Waals surface area contributed by atoms with Gasteiger partial charge in [0, 0.05) is 38.4 Å². The van der Waals surface area contributed by atoms with E-state index in [2.05, 4.69) is 0 Å². The molecule has 0 spiro atoms. The molecule has 0 amide bonds. The van der Waals surface area contributed by atoms with E-state index in [1.807, 2.05) is 0 Å².